The maximum atomic E-state index is 8.61. The summed E-state index contributed by atoms with van der Waals surface area (Å²) >= 11 is 0. The van der Waals surface area contributed by atoms with Gasteiger partial charge in [0.25, 0.3) is 0 Å². The van der Waals surface area contributed by atoms with Crippen LogP contribution in [0, 0.1) is 0 Å². The molecule has 1 N–H and O–H groups in total. The van der Waals surface area contributed by atoms with Gasteiger partial charge in [-0.1, -0.05) is 77.6 Å². The fourth-order valence-electron chi connectivity index (χ4n) is 1.95. The molecule has 2 heteroatoms. The summed E-state index contributed by atoms with van der Waals surface area (Å²) in [6.45, 7) is 2.64. The molecule has 0 saturated heterocycles. The van der Waals surface area contributed by atoms with Gasteiger partial charge in [0.1, 0.15) is 0 Å². The summed E-state index contributed by atoms with van der Waals surface area (Å²) in [5, 5.41) is 8.61. The van der Waals surface area contributed by atoms with E-state index in [1.54, 1.807) is 0 Å². The van der Waals surface area contributed by atoms with E-state index in [2.05, 4.69) is 6.92 Å². The zero-order chi connectivity index (χ0) is 11.2. The van der Waals surface area contributed by atoms with E-state index in [9.17, 15) is 0 Å². The van der Waals surface area contributed by atoms with Crippen molar-refractivity contribution in [3.8, 4) is 0 Å². The molecule has 0 aromatic carbocycles. The van der Waals surface area contributed by atoms with Gasteiger partial charge in [-0.15, -0.1) is 0 Å². The first-order valence-electron chi connectivity index (χ1n) is 7.02. The van der Waals surface area contributed by atoms with E-state index < -0.39 is 0 Å². The molecule has 0 aliphatic rings. The normalized spacial score (nSPS) is 10.1. The second-order valence-corrected chi connectivity index (χ2v) is 4.61. The van der Waals surface area contributed by atoms with Crippen LogP contribution in [0.3, 0.4) is 0 Å². The van der Waals surface area contributed by atoms with Crippen LogP contribution in [0.4, 0.5) is 0 Å². The summed E-state index contributed by atoms with van der Waals surface area (Å²) in [5.74, 6) is 0. The number of rotatable bonds is 12. The standard InChI is InChI=1S/C14H30O.Au/c1-2-3-4-5-6-7-8-9-10-11-12-13-14-15;/h15H,2-14H2,1H3;. The summed E-state index contributed by atoms with van der Waals surface area (Å²) in [6.07, 6.45) is 16.2. The number of aliphatic hydroxyl groups is 1. The molecule has 0 amide bonds. The third-order valence-corrected chi connectivity index (χ3v) is 3.01. The fraction of sp³-hybridized carbons (Fsp3) is 1.00. The Hall–Kier alpha value is 0.700. The van der Waals surface area contributed by atoms with Crippen molar-refractivity contribution in [2.45, 2.75) is 84.0 Å². The van der Waals surface area contributed by atoms with Crippen LogP contribution in [0.25, 0.3) is 0 Å². The minimum atomic E-state index is 0. The number of aliphatic hydroxyl groups excluding tert-OH is 1. The Morgan fingerprint density at radius 2 is 0.875 bits per heavy atom. The molecular formula is C14H30AuO. The number of hydrogen-bond acceptors (Lipinski definition) is 1. The molecule has 0 heterocycles. The van der Waals surface area contributed by atoms with E-state index in [0.717, 1.165) is 6.42 Å². The summed E-state index contributed by atoms with van der Waals surface area (Å²) in [5.41, 5.74) is 0. The van der Waals surface area contributed by atoms with Gasteiger partial charge >= 0.3 is 0 Å². The third-order valence-electron chi connectivity index (χ3n) is 3.01. The van der Waals surface area contributed by atoms with Gasteiger partial charge in [-0.25, -0.2) is 0 Å². The van der Waals surface area contributed by atoms with E-state index >= 15 is 0 Å². The van der Waals surface area contributed by atoms with Gasteiger partial charge in [-0.2, -0.15) is 0 Å². The smallest absolute Gasteiger partial charge is 0.0431 e. The van der Waals surface area contributed by atoms with Crippen molar-refractivity contribution in [1.82, 2.24) is 0 Å². The molecular weight excluding hydrogens is 381 g/mol. The van der Waals surface area contributed by atoms with Crippen molar-refractivity contribution in [2.75, 3.05) is 6.61 Å². The largest absolute Gasteiger partial charge is 0.396 e. The second kappa shape index (κ2) is 18.1. The maximum Gasteiger partial charge on any atom is 0.0431 e. The van der Waals surface area contributed by atoms with Crippen LogP contribution in [-0.2, 0) is 22.4 Å². The van der Waals surface area contributed by atoms with Crippen molar-refractivity contribution < 1.29 is 27.5 Å². The van der Waals surface area contributed by atoms with Gasteiger partial charge in [0, 0.05) is 29.0 Å². The Morgan fingerprint density at radius 3 is 1.19 bits per heavy atom. The van der Waals surface area contributed by atoms with Crippen LogP contribution in [-0.4, -0.2) is 11.7 Å². The predicted octanol–water partition coefficient (Wildman–Crippen LogP) is 4.68. The topological polar surface area (TPSA) is 20.2 Å². The molecule has 0 aromatic rings. The van der Waals surface area contributed by atoms with Gasteiger partial charge in [-0.05, 0) is 6.42 Å². The predicted molar refractivity (Wildman–Crippen MR) is 68.2 cm³/mol. The first-order valence-corrected chi connectivity index (χ1v) is 7.02. The average molecular weight is 411 g/mol. The Bertz CT molecular complexity index is 94.9. The van der Waals surface area contributed by atoms with Crippen molar-refractivity contribution in [3.63, 3.8) is 0 Å². The van der Waals surface area contributed by atoms with E-state index in [1.807, 2.05) is 0 Å². The molecule has 0 unspecified atom stereocenters. The van der Waals surface area contributed by atoms with Crippen LogP contribution in [0.5, 0.6) is 0 Å². The molecule has 0 aliphatic heterocycles. The molecule has 0 saturated carbocycles. The Labute approximate surface area is 118 Å². The van der Waals surface area contributed by atoms with Gasteiger partial charge in [0.15, 0.2) is 0 Å². The minimum Gasteiger partial charge on any atom is -0.396 e. The van der Waals surface area contributed by atoms with Crippen LogP contribution in [0.2, 0.25) is 0 Å². The SMILES string of the molecule is CCCCCCCCCCCCCCO.[Au]. The van der Waals surface area contributed by atoms with Crippen LogP contribution < -0.4 is 0 Å². The molecule has 0 spiro atoms. The number of unbranched alkanes of at least 4 members (excludes halogenated alkanes) is 11. The van der Waals surface area contributed by atoms with E-state index in [4.69, 9.17) is 5.11 Å². The summed E-state index contributed by atoms with van der Waals surface area (Å²) < 4.78 is 0. The van der Waals surface area contributed by atoms with Crippen molar-refractivity contribution >= 4 is 0 Å². The van der Waals surface area contributed by atoms with E-state index in [-0.39, 0.29) is 22.4 Å². The van der Waals surface area contributed by atoms with Crippen molar-refractivity contribution in [2.24, 2.45) is 0 Å². The van der Waals surface area contributed by atoms with Crippen molar-refractivity contribution in [3.05, 3.63) is 0 Å². The van der Waals surface area contributed by atoms with Gasteiger partial charge in [0.05, 0.1) is 0 Å². The van der Waals surface area contributed by atoms with E-state index in [0.29, 0.717) is 6.61 Å². The fourth-order valence-corrected chi connectivity index (χ4v) is 1.95. The molecule has 1 nitrogen and oxygen atoms in total. The van der Waals surface area contributed by atoms with Gasteiger partial charge in [-0.3, -0.25) is 0 Å². The summed E-state index contributed by atoms with van der Waals surface area (Å²) in [6, 6.07) is 0. The molecule has 0 aromatic heterocycles. The van der Waals surface area contributed by atoms with Gasteiger partial charge < -0.3 is 5.11 Å². The molecule has 0 rings (SSSR count). The Morgan fingerprint density at radius 1 is 0.562 bits per heavy atom. The molecule has 0 atom stereocenters. The second-order valence-electron chi connectivity index (χ2n) is 4.61. The summed E-state index contributed by atoms with van der Waals surface area (Å²) in [7, 11) is 0. The quantitative estimate of drug-likeness (QED) is 0.365. The Balaban J connectivity index is 0. The average Bonchev–Trinajstić information content (AvgIpc) is 2.26. The van der Waals surface area contributed by atoms with Crippen molar-refractivity contribution in [1.29, 1.82) is 0 Å². The molecule has 1 radical (unpaired) electrons. The Kier molecular flexibility index (Phi) is 21.5. The minimum absolute atomic E-state index is 0. The van der Waals surface area contributed by atoms with Crippen LogP contribution in [0.1, 0.15) is 84.0 Å². The molecule has 16 heavy (non-hydrogen) atoms. The maximum absolute atomic E-state index is 8.61. The summed E-state index contributed by atoms with van der Waals surface area (Å²) in [4.78, 5) is 0. The van der Waals surface area contributed by atoms with E-state index in [1.165, 1.54) is 70.6 Å². The third kappa shape index (κ3) is 17.1. The number of hydrogen-bond donors (Lipinski definition) is 1. The monoisotopic (exact) mass is 411 g/mol. The first-order chi connectivity index (χ1) is 7.41. The van der Waals surface area contributed by atoms with Crippen LogP contribution >= 0.6 is 0 Å². The molecule has 0 fully saturated rings. The molecule has 0 bridgehead atoms. The zero-order valence-electron chi connectivity index (χ0n) is 10.9. The molecule has 103 valence electrons. The van der Waals surface area contributed by atoms with Gasteiger partial charge in [0.2, 0.25) is 0 Å². The first kappa shape index (κ1) is 19.0. The molecule has 0 aliphatic carbocycles. The zero-order valence-corrected chi connectivity index (χ0v) is 13.1. The van der Waals surface area contributed by atoms with Crippen LogP contribution in [0.15, 0.2) is 0 Å².